The van der Waals surface area contributed by atoms with Crippen molar-refractivity contribution in [3.63, 3.8) is 0 Å². The fourth-order valence-electron chi connectivity index (χ4n) is 4.84. The highest BCUT2D eigenvalue weighted by Gasteiger charge is 2.30. The number of hydrogen-bond acceptors (Lipinski definition) is 6. The number of hydrogen-bond donors (Lipinski definition) is 2. The third-order valence-electron chi connectivity index (χ3n) is 7.27. The van der Waals surface area contributed by atoms with Crippen molar-refractivity contribution in [3.8, 4) is 23.0 Å². The quantitative estimate of drug-likeness (QED) is 0.207. The molecule has 0 bridgehead atoms. The molecule has 3 aromatic rings. The van der Waals surface area contributed by atoms with Gasteiger partial charge in [-0.15, -0.1) is 0 Å². The van der Waals surface area contributed by atoms with E-state index < -0.39 is 33.9 Å². The Morgan fingerprint density at radius 2 is 1.69 bits per heavy atom. The Labute approximate surface area is 288 Å². The highest BCUT2D eigenvalue weighted by molar-refractivity contribution is 7.99. The fourth-order valence-corrected chi connectivity index (χ4v) is 6.98. The van der Waals surface area contributed by atoms with Crippen LogP contribution in [0.4, 0.5) is 4.79 Å². The molecule has 1 unspecified atom stereocenters. The van der Waals surface area contributed by atoms with Gasteiger partial charge in [0.25, 0.3) is 21.8 Å². The number of imide groups is 1. The number of urea groups is 1. The van der Waals surface area contributed by atoms with Crippen molar-refractivity contribution in [2.24, 2.45) is 11.8 Å². The van der Waals surface area contributed by atoms with E-state index in [9.17, 15) is 22.8 Å². The van der Waals surface area contributed by atoms with E-state index in [0.717, 1.165) is 16.9 Å². The summed E-state index contributed by atoms with van der Waals surface area (Å²) in [5.41, 5.74) is 2.42. The minimum absolute atomic E-state index is 0.0844. The van der Waals surface area contributed by atoms with Crippen LogP contribution < -0.4 is 10.0 Å². The standard InChI is InChI=1S/C38H41N3O5S2/c1-4-23-41(37(43)33-19-11-15-30(24-33)22-21-29-13-7-5-8-14-29)38(44)39-35(27-47-26-28(2)3)36(42)40-48(45,46)34-20-12-18-32(25-34)31-16-9-6-10-17-31/h5-13,15-20,24-25,28-29,35H,4,14,23,26-27H2,1-3H3,(H,39,44)(H,40,42)/t29?,35-/m1/s1. The maximum absolute atomic E-state index is 13.6. The van der Waals surface area contributed by atoms with Crippen LogP contribution in [0.15, 0.2) is 108 Å². The summed E-state index contributed by atoms with van der Waals surface area (Å²) in [4.78, 5) is 41.8. The number of nitrogens with zero attached hydrogens (tertiary/aromatic N) is 1. The van der Waals surface area contributed by atoms with E-state index in [1.807, 2.05) is 75.4 Å². The van der Waals surface area contributed by atoms with Crippen LogP contribution in [0.25, 0.3) is 11.1 Å². The van der Waals surface area contributed by atoms with E-state index in [1.54, 1.807) is 36.4 Å². The first-order valence-corrected chi connectivity index (χ1v) is 18.6. The lowest BCUT2D eigenvalue weighted by molar-refractivity contribution is -0.120. The van der Waals surface area contributed by atoms with Gasteiger partial charge in [0.2, 0.25) is 0 Å². The number of allylic oxidation sites excluding steroid dienone is 4. The van der Waals surface area contributed by atoms with Crippen molar-refractivity contribution in [1.82, 2.24) is 14.9 Å². The first kappa shape index (κ1) is 36.2. The van der Waals surface area contributed by atoms with Gasteiger partial charge < -0.3 is 5.32 Å². The van der Waals surface area contributed by atoms with E-state index in [2.05, 4.69) is 21.9 Å². The zero-order valence-corrected chi connectivity index (χ0v) is 29.0. The van der Waals surface area contributed by atoms with Crippen LogP contribution in [0.5, 0.6) is 0 Å². The lowest BCUT2D eigenvalue weighted by Crippen LogP contribution is -2.54. The molecule has 4 amide bonds. The molecule has 0 heterocycles. The summed E-state index contributed by atoms with van der Waals surface area (Å²) >= 11 is 1.41. The van der Waals surface area contributed by atoms with Gasteiger partial charge in [0.05, 0.1) is 4.90 Å². The molecule has 3 aromatic carbocycles. The van der Waals surface area contributed by atoms with Crippen LogP contribution in [0, 0.1) is 23.7 Å². The summed E-state index contributed by atoms with van der Waals surface area (Å²) in [6.07, 6.45) is 9.30. The van der Waals surface area contributed by atoms with Crippen molar-refractivity contribution in [2.45, 2.75) is 44.6 Å². The molecule has 1 aliphatic rings. The molecule has 2 atom stereocenters. The van der Waals surface area contributed by atoms with Gasteiger partial charge in [-0.25, -0.2) is 17.9 Å². The van der Waals surface area contributed by atoms with Crippen molar-refractivity contribution in [2.75, 3.05) is 18.1 Å². The fraction of sp³-hybridized carbons (Fsp3) is 0.289. The summed E-state index contributed by atoms with van der Waals surface area (Å²) in [6.45, 7) is 5.97. The van der Waals surface area contributed by atoms with Gasteiger partial charge in [-0.3, -0.25) is 14.5 Å². The van der Waals surface area contributed by atoms with Crippen LogP contribution in [-0.4, -0.2) is 55.3 Å². The van der Waals surface area contributed by atoms with Gasteiger partial charge in [0.1, 0.15) is 6.04 Å². The topological polar surface area (TPSA) is 113 Å². The Morgan fingerprint density at radius 1 is 0.938 bits per heavy atom. The summed E-state index contributed by atoms with van der Waals surface area (Å²) in [5.74, 6) is 6.07. The van der Waals surface area contributed by atoms with Crippen molar-refractivity contribution in [1.29, 1.82) is 0 Å². The monoisotopic (exact) mass is 683 g/mol. The zero-order valence-electron chi connectivity index (χ0n) is 27.4. The molecule has 0 spiro atoms. The lowest BCUT2D eigenvalue weighted by atomic mass is 10.0. The SMILES string of the molecule is CCCN(C(=O)N[C@H](CSCC(C)C)C(=O)NS(=O)(=O)c1cccc(-c2ccccc2)c1)C(=O)c1cccc(C#CC2C=CC=CC2)c1. The van der Waals surface area contributed by atoms with Gasteiger partial charge in [-0.1, -0.05) is 105 Å². The molecule has 48 heavy (non-hydrogen) atoms. The maximum Gasteiger partial charge on any atom is 0.325 e. The highest BCUT2D eigenvalue weighted by atomic mass is 32.2. The van der Waals surface area contributed by atoms with Crippen LogP contribution >= 0.6 is 11.8 Å². The largest absolute Gasteiger partial charge is 0.325 e. The molecule has 0 fully saturated rings. The van der Waals surface area contributed by atoms with Crippen LogP contribution in [0.2, 0.25) is 0 Å². The molecule has 250 valence electrons. The average molecular weight is 684 g/mol. The zero-order chi connectivity index (χ0) is 34.5. The molecule has 10 heteroatoms. The van der Waals surface area contributed by atoms with Gasteiger partial charge in [-0.05, 0) is 66.0 Å². The molecule has 0 saturated heterocycles. The summed E-state index contributed by atoms with van der Waals surface area (Å²) in [5, 5.41) is 2.65. The normalized spacial score (nSPS) is 14.5. The number of rotatable bonds is 12. The molecule has 0 aliphatic heterocycles. The molecule has 0 saturated carbocycles. The molecular weight excluding hydrogens is 643 g/mol. The Balaban J connectivity index is 1.52. The molecule has 2 N–H and O–H groups in total. The predicted molar refractivity (Wildman–Crippen MR) is 193 cm³/mol. The van der Waals surface area contributed by atoms with E-state index in [0.29, 0.717) is 29.2 Å². The summed E-state index contributed by atoms with van der Waals surface area (Å²) in [6, 6.07) is 20.4. The second-order valence-corrected chi connectivity index (χ2v) is 14.5. The van der Waals surface area contributed by atoms with Gasteiger partial charge >= 0.3 is 6.03 Å². The number of nitrogens with one attached hydrogen (secondary N) is 2. The van der Waals surface area contributed by atoms with E-state index in [-0.39, 0.29) is 28.7 Å². The predicted octanol–water partition coefficient (Wildman–Crippen LogP) is 6.66. The minimum Gasteiger partial charge on any atom is -0.325 e. The summed E-state index contributed by atoms with van der Waals surface area (Å²) < 4.78 is 28.9. The molecule has 0 aromatic heterocycles. The number of carbonyl (C=O) groups is 3. The van der Waals surface area contributed by atoms with Gasteiger partial charge in [0, 0.05) is 29.3 Å². The second-order valence-electron chi connectivity index (χ2n) is 11.8. The van der Waals surface area contributed by atoms with E-state index >= 15 is 0 Å². The van der Waals surface area contributed by atoms with E-state index in [1.165, 1.54) is 23.9 Å². The molecule has 8 nitrogen and oxygen atoms in total. The number of sulfonamides is 1. The third-order valence-corrected chi connectivity index (χ3v) is 10.1. The Kier molecular flexibility index (Phi) is 13.2. The lowest BCUT2D eigenvalue weighted by Gasteiger charge is -2.25. The van der Waals surface area contributed by atoms with Crippen molar-refractivity contribution < 1.29 is 22.8 Å². The van der Waals surface area contributed by atoms with E-state index in [4.69, 9.17) is 0 Å². The number of thioether (sulfide) groups is 1. The number of amides is 4. The first-order valence-electron chi connectivity index (χ1n) is 15.9. The van der Waals surface area contributed by atoms with Crippen LogP contribution in [0.1, 0.15) is 49.5 Å². The van der Waals surface area contributed by atoms with Crippen molar-refractivity contribution in [3.05, 3.63) is 114 Å². The Hall–Kier alpha value is -4.59. The second kappa shape index (κ2) is 17.5. The smallest absolute Gasteiger partial charge is 0.325 e. The molecule has 4 rings (SSSR count). The Morgan fingerprint density at radius 3 is 2.40 bits per heavy atom. The maximum atomic E-state index is 13.6. The van der Waals surface area contributed by atoms with Gasteiger partial charge in [-0.2, -0.15) is 11.8 Å². The Bertz CT molecular complexity index is 1830. The molecular formula is C38H41N3O5S2. The van der Waals surface area contributed by atoms with Gasteiger partial charge in [0.15, 0.2) is 0 Å². The number of benzene rings is 3. The number of carbonyl (C=O) groups excluding carboxylic acids is 3. The summed E-state index contributed by atoms with van der Waals surface area (Å²) in [7, 11) is -4.28. The molecule has 0 radical (unpaired) electrons. The van der Waals surface area contributed by atoms with Crippen molar-refractivity contribution >= 4 is 39.6 Å². The average Bonchev–Trinajstić information content (AvgIpc) is 3.09. The minimum atomic E-state index is -4.28. The van der Waals surface area contributed by atoms with Crippen LogP contribution in [0.3, 0.4) is 0 Å². The third kappa shape index (κ3) is 10.5. The molecule has 1 aliphatic carbocycles. The highest BCUT2D eigenvalue weighted by Crippen LogP contribution is 2.22. The van der Waals surface area contributed by atoms with Crippen LogP contribution in [-0.2, 0) is 14.8 Å². The first-order chi connectivity index (χ1) is 23.1.